The molecule has 0 heterocycles. The van der Waals surface area contributed by atoms with Gasteiger partial charge in [0, 0.05) is 6.04 Å². The number of halogens is 2. The summed E-state index contributed by atoms with van der Waals surface area (Å²) in [7, 11) is 0. The van der Waals surface area contributed by atoms with Crippen molar-refractivity contribution in [3.05, 3.63) is 62.5 Å². The lowest BCUT2D eigenvalue weighted by Crippen LogP contribution is -2.55. The summed E-state index contributed by atoms with van der Waals surface area (Å²) in [6.45, 7) is 9.84. The van der Waals surface area contributed by atoms with Crippen LogP contribution in [0.3, 0.4) is 0 Å². The molecule has 0 fully saturated rings. The average molecular weight is 669 g/mol. The van der Waals surface area contributed by atoms with Crippen molar-refractivity contribution in [1.82, 2.24) is 16.0 Å². The van der Waals surface area contributed by atoms with Gasteiger partial charge in [0.05, 0.1) is 8.95 Å². The first kappa shape index (κ1) is 32.6. The van der Waals surface area contributed by atoms with Crippen LogP contribution < -0.4 is 16.0 Å². The predicted octanol–water partition coefficient (Wildman–Crippen LogP) is 5.84. The molecule has 0 unspecified atom stereocenters. The molecule has 0 radical (unpaired) electrons. The second-order valence-corrected chi connectivity index (χ2v) is 12.3. The normalized spacial score (nSPS) is 13.5. The Labute approximate surface area is 247 Å². The maximum absolute atomic E-state index is 13.3. The maximum Gasteiger partial charge on any atom is 0.408 e. The van der Waals surface area contributed by atoms with Gasteiger partial charge in [-0.2, -0.15) is 0 Å². The van der Waals surface area contributed by atoms with Gasteiger partial charge in [0.1, 0.15) is 24.4 Å². The second-order valence-electron chi connectivity index (χ2n) is 10.6. The molecule has 0 aliphatic carbocycles. The molecule has 0 saturated heterocycles. The zero-order chi connectivity index (χ0) is 29.1. The van der Waals surface area contributed by atoms with E-state index < -0.39 is 24.1 Å². The van der Waals surface area contributed by atoms with Crippen molar-refractivity contribution >= 4 is 49.8 Å². The molecule has 2 aromatic carbocycles. The Morgan fingerprint density at radius 2 is 1.31 bits per heavy atom. The topological polar surface area (TPSA) is 117 Å². The molecule has 2 aromatic rings. The number of hydrogen-bond acceptors (Lipinski definition) is 5. The molecule has 214 valence electrons. The summed E-state index contributed by atoms with van der Waals surface area (Å²) in [5.41, 5.74) is 1.76. The largest absolute Gasteiger partial charge is 0.506 e. The van der Waals surface area contributed by atoms with Crippen LogP contribution in [0.1, 0.15) is 58.6 Å². The van der Waals surface area contributed by atoms with Crippen LogP contribution in [0, 0.1) is 11.8 Å². The fourth-order valence-corrected chi connectivity index (χ4v) is 5.35. The molecule has 0 spiro atoms. The third-order valence-corrected chi connectivity index (χ3v) is 7.08. The maximum atomic E-state index is 13.3. The first-order chi connectivity index (χ1) is 18.3. The highest BCUT2D eigenvalue weighted by molar-refractivity contribution is 9.11. The van der Waals surface area contributed by atoms with Gasteiger partial charge in [-0.15, -0.1) is 0 Å². The van der Waals surface area contributed by atoms with Crippen molar-refractivity contribution in [2.45, 2.75) is 78.6 Å². The number of alkyl carbamates (subject to hydrolysis) is 1. The SMILES string of the molecule is CC(C)C[C@H](NC(=O)OCc1ccccc1)C(=O)N[C@@H](CC(C)C)C(=O)N[C@H](C)Cc1cc(Br)c(O)c(Br)c1. The summed E-state index contributed by atoms with van der Waals surface area (Å²) >= 11 is 6.66. The van der Waals surface area contributed by atoms with Crippen molar-refractivity contribution in [3.8, 4) is 5.75 Å². The molecule has 3 amide bonds. The minimum atomic E-state index is -0.847. The summed E-state index contributed by atoms with van der Waals surface area (Å²) in [6, 6.07) is 11.0. The number of phenolic OH excluding ortho intramolecular Hbond substituents is 1. The number of phenols is 1. The zero-order valence-corrected chi connectivity index (χ0v) is 26.3. The van der Waals surface area contributed by atoms with Crippen molar-refractivity contribution in [2.24, 2.45) is 11.8 Å². The van der Waals surface area contributed by atoms with Crippen LogP contribution in [0.2, 0.25) is 0 Å². The summed E-state index contributed by atoms with van der Waals surface area (Å²) < 4.78 is 6.42. The molecule has 0 aromatic heterocycles. The monoisotopic (exact) mass is 667 g/mol. The minimum absolute atomic E-state index is 0.0904. The van der Waals surface area contributed by atoms with E-state index in [-0.39, 0.29) is 36.1 Å². The molecule has 4 N–H and O–H groups in total. The number of carbonyl (C=O) groups is 3. The van der Waals surface area contributed by atoms with Crippen LogP contribution >= 0.6 is 31.9 Å². The fraction of sp³-hybridized carbons (Fsp3) is 0.483. The number of carbonyl (C=O) groups excluding carboxylic acids is 3. The van der Waals surface area contributed by atoms with Gasteiger partial charge in [0.2, 0.25) is 11.8 Å². The average Bonchev–Trinajstić information content (AvgIpc) is 2.85. The van der Waals surface area contributed by atoms with Crippen molar-refractivity contribution in [2.75, 3.05) is 0 Å². The van der Waals surface area contributed by atoms with E-state index in [1.165, 1.54) is 0 Å². The van der Waals surface area contributed by atoms with Crippen molar-refractivity contribution in [1.29, 1.82) is 0 Å². The zero-order valence-electron chi connectivity index (χ0n) is 23.1. The molecule has 8 nitrogen and oxygen atoms in total. The van der Waals surface area contributed by atoms with E-state index in [2.05, 4.69) is 47.8 Å². The summed E-state index contributed by atoms with van der Waals surface area (Å²) in [5, 5.41) is 18.5. The van der Waals surface area contributed by atoms with E-state index in [4.69, 9.17) is 4.74 Å². The minimum Gasteiger partial charge on any atom is -0.506 e. The molecule has 3 atom stereocenters. The van der Waals surface area contributed by atoms with Gasteiger partial charge in [-0.3, -0.25) is 9.59 Å². The molecular formula is C29H39Br2N3O5. The van der Waals surface area contributed by atoms with E-state index in [1.54, 1.807) is 12.1 Å². The Morgan fingerprint density at radius 3 is 1.85 bits per heavy atom. The Bertz CT molecular complexity index is 1090. The summed E-state index contributed by atoms with van der Waals surface area (Å²) in [6.07, 6.45) is 0.664. The number of rotatable bonds is 13. The van der Waals surface area contributed by atoms with E-state index in [9.17, 15) is 19.5 Å². The van der Waals surface area contributed by atoms with E-state index >= 15 is 0 Å². The van der Waals surface area contributed by atoms with Crippen LogP contribution in [0.5, 0.6) is 5.75 Å². The third kappa shape index (κ3) is 11.6. The highest BCUT2D eigenvalue weighted by Crippen LogP contribution is 2.33. The van der Waals surface area contributed by atoms with Gasteiger partial charge < -0.3 is 25.8 Å². The number of aromatic hydroxyl groups is 1. The first-order valence-electron chi connectivity index (χ1n) is 13.1. The van der Waals surface area contributed by atoms with Crippen LogP contribution in [-0.2, 0) is 27.4 Å². The van der Waals surface area contributed by atoms with Crippen LogP contribution in [0.25, 0.3) is 0 Å². The van der Waals surface area contributed by atoms with Crippen LogP contribution in [0.4, 0.5) is 4.79 Å². The van der Waals surface area contributed by atoms with Gasteiger partial charge in [-0.25, -0.2) is 4.79 Å². The Hall–Kier alpha value is -2.59. The van der Waals surface area contributed by atoms with E-state index in [0.717, 1.165) is 11.1 Å². The smallest absolute Gasteiger partial charge is 0.408 e. The highest BCUT2D eigenvalue weighted by atomic mass is 79.9. The molecule has 10 heteroatoms. The predicted molar refractivity (Wildman–Crippen MR) is 159 cm³/mol. The van der Waals surface area contributed by atoms with Crippen LogP contribution in [-0.4, -0.2) is 41.1 Å². The first-order valence-corrected chi connectivity index (χ1v) is 14.7. The van der Waals surface area contributed by atoms with E-state index in [0.29, 0.717) is 28.2 Å². The molecular weight excluding hydrogens is 630 g/mol. The molecule has 39 heavy (non-hydrogen) atoms. The number of amides is 3. The van der Waals surface area contributed by atoms with Gasteiger partial charge in [0.25, 0.3) is 0 Å². The lowest BCUT2D eigenvalue weighted by atomic mass is 9.99. The third-order valence-electron chi connectivity index (χ3n) is 5.88. The van der Waals surface area contributed by atoms with Gasteiger partial charge >= 0.3 is 6.09 Å². The molecule has 2 rings (SSSR count). The van der Waals surface area contributed by atoms with Gasteiger partial charge in [-0.1, -0.05) is 58.0 Å². The molecule has 0 saturated carbocycles. The lowest BCUT2D eigenvalue weighted by Gasteiger charge is -2.26. The van der Waals surface area contributed by atoms with E-state index in [1.807, 2.05) is 65.0 Å². The quantitative estimate of drug-likeness (QED) is 0.214. The van der Waals surface area contributed by atoms with Gasteiger partial charge in [-0.05, 0) is 93.1 Å². The lowest BCUT2D eigenvalue weighted by molar-refractivity contribution is -0.130. The standard InChI is InChI=1S/C29H39Br2N3O5/c1-17(2)11-24(27(36)32-19(5)13-21-14-22(30)26(35)23(31)15-21)33-28(37)25(12-18(3)4)34-29(38)39-16-20-9-7-6-8-10-20/h6-10,14-15,17-19,24-25,35H,11-13,16H2,1-5H3,(H,32,36)(H,33,37)(H,34,38)/t19-,24+,25+/m1/s1. The number of ether oxygens (including phenoxy) is 1. The van der Waals surface area contributed by atoms with Gasteiger partial charge in [0.15, 0.2) is 0 Å². The van der Waals surface area contributed by atoms with Crippen molar-refractivity contribution < 1.29 is 24.2 Å². The highest BCUT2D eigenvalue weighted by Gasteiger charge is 2.29. The van der Waals surface area contributed by atoms with Crippen LogP contribution in [0.15, 0.2) is 51.4 Å². The fourth-order valence-electron chi connectivity index (χ4n) is 4.07. The molecule has 0 aliphatic rings. The summed E-state index contributed by atoms with van der Waals surface area (Å²) in [5.74, 6) is -0.343. The Balaban J connectivity index is 2.04. The Morgan fingerprint density at radius 1 is 0.795 bits per heavy atom. The number of hydrogen-bond donors (Lipinski definition) is 4. The Kier molecular flexibility index (Phi) is 13.3. The van der Waals surface area contributed by atoms with Crippen molar-refractivity contribution in [3.63, 3.8) is 0 Å². The summed E-state index contributed by atoms with van der Waals surface area (Å²) in [4.78, 5) is 39.0. The number of nitrogens with one attached hydrogen (secondary N) is 3. The second kappa shape index (κ2) is 15.9. The number of benzene rings is 2. The molecule has 0 bridgehead atoms. The molecule has 0 aliphatic heterocycles.